The number of rotatable bonds is 2. The molecule has 0 saturated carbocycles. The summed E-state index contributed by atoms with van der Waals surface area (Å²) in [6.07, 6.45) is 4.11. The lowest BCUT2D eigenvalue weighted by molar-refractivity contribution is 0.198. The number of aliphatic hydroxyl groups excluding tert-OH is 1. The minimum Gasteiger partial charge on any atom is -0.391 e. The molecular weight excluding hydrogens is 256 g/mol. The van der Waals surface area contributed by atoms with Crippen molar-refractivity contribution in [2.45, 2.75) is 16.9 Å². The zero-order chi connectivity index (χ0) is 11.8. The first-order valence-corrected chi connectivity index (χ1v) is 7.40. The van der Waals surface area contributed by atoms with Gasteiger partial charge in [-0.05, 0) is 12.7 Å². The van der Waals surface area contributed by atoms with Crippen LogP contribution in [0, 0.1) is 0 Å². The highest BCUT2D eigenvalue weighted by Gasteiger charge is 2.24. The molecule has 0 spiro atoms. The van der Waals surface area contributed by atoms with Gasteiger partial charge in [-0.3, -0.25) is 0 Å². The second-order valence-electron chi connectivity index (χ2n) is 3.92. The number of thiazole rings is 1. The molecule has 1 saturated heterocycles. The highest BCUT2D eigenvalue weighted by molar-refractivity contribution is 8.00. The van der Waals surface area contributed by atoms with Gasteiger partial charge in [0.1, 0.15) is 11.0 Å². The van der Waals surface area contributed by atoms with Gasteiger partial charge in [-0.15, -0.1) is 11.3 Å². The van der Waals surface area contributed by atoms with E-state index in [4.69, 9.17) is 0 Å². The predicted molar refractivity (Wildman–Crippen MR) is 69.8 cm³/mol. The molecule has 1 fully saturated rings. The van der Waals surface area contributed by atoms with Crippen molar-refractivity contribution in [1.29, 1.82) is 0 Å². The largest absolute Gasteiger partial charge is 0.391 e. The molecule has 0 unspecified atom stereocenters. The fourth-order valence-corrected chi connectivity index (χ4v) is 3.50. The minimum atomic E-state index is -0.243. The van der Waals surface area contributed by atoms with Crippen LogP contribution in [0.4, 0.5) is 5.82 Å². The number of anilines is 1. The van der Waals surface area contributed by atoms with Gasteiger partial charge in [0.05, 0.1) is 6.10 Å². The van der Waals surface area contributed by atoms with Crippen LogP contribution in [0.15, 0.2) is 10.7 Å². The minimum absolute atomic E-state index is 0.243. The fraction of sp³-hybridized carbons (Fsp3) is 0.500. The summed E-state index contributed by atoms with van der Waals surface area (Å²) in [4.78, 5) is 15.1. The van der Waals surface area contributed by atoms with Crippen molar-refractivity contribution in [3.8, 4) is 0 Å². The van der Waals surface area contributed by atoms with E-state index < -0.39 is 0 Å². The summed E-state index contributed by atoms with van der Waals surface area (Å²) in [6.45, 7) is 1.50. The molecule has 2 aromatic heterocycles. The summed E-state index contributed by atoms with van der Waals surface area (Å²) in [6, 6.07) is 0. The number of fused-ring (bicyclic) bond motifs is 1. The number of β-amino-alcohol motifs (C(OH)–C–C–N with tert-alkyl or cyclic N) is 1. The van der Waals surface area contributed by atoms with Gasteiger partial charge in [0.2, 0.25) is 0 Å². The fourth-order valence-electron chi connectivity index (χ4n) is 1.97. The van der Waals surface area contributed by atoms with E-state index in [-0.39, 0.29) is 6.10 Å². The Hall–Kier alpha value is -0.920. The third kappa shape index (κ3) is 1.98. The molecule has 1 atom stereocenters. The maximum atomic E-state index is 9.58. The maximum absolute atomic E-state index is 9.58. The predicted octanol–water partition coefficient (Wildman–Crippen LogP) is 1.38. The van der Waals surface area contributed by atoms with Crippen molar-refractivity contribution in [2.75, 3.05) is 24.2 Å². The molecule has 0 radical (unpaired) electrons. The van der Waals surface area contributed by atoms with Crippen LogP contribution in [0.2, 0.25) is 0 Å². The molecule has 0 amide bonds. The number of hydrogen-bond acceptors (Lipinski definition) is 7. The highest BCUT2D eigenvalue weighted by Crippen LogP contribution is 2.33. The Kier molecular flexibility index (Phi) is 2.89. The average molecular weight is 268 g/mol. The highest BCUT2D eigenvalue weighted by atomic mass is 32.2. The molecule has 17 heavy (non-hydrogen) atoms. The molecule has 1 N–H and O–H groups in total. The van der Waals surface area contributed by atoms with Crippen molar-refractivity contribution in [3.63, 3.8) is 0 Å². The molecule has 3 rings (SSSR count). The zero-order valence-corrected chi connectivity index (χ0v) is 11.0. The first-order valence-electron chi connectivity index (χ1n) is 5.36. The summed E-state index contributed by atoms with van der Waals surface area (Å²) >= 11 is 3.23. The summed E-state index contributed by atoms with van der Waals surface area (Å²) in [7, 11) is 0. The lowest BCUT2D eigenvalue weighted by Gasteiger charge is -2.16. The average Bonchev–Trinajstić information content (AvgIpc) is 2.93. The van der Waals surface area contributed by atoms with Gasteiger partial charge in [0, 0.05) is 13.1 Å². The van der Waals surface area contributed by atoms with Crippen LogP contribution >= 0.6 is 23.1 Å². The number of aromatic nitrogens is 3. The van der Waals surface area contributed by atoms with E-state index in [9.17, 15) is 5.11 Å². The molecule has 1 aliphatic heterocycles. The van der Waals surface area contributed by atoms with Crippen molar-refractivity contribution in [1.82, 2.24) is 15.0 Å². The summed E-state index contributed by atoms with van der Waals surface area (Å²) in [5, 5.41) is 9.58. The molecule has 5 nitrogen and oxygen atoms in total. The zero-order valence-electron chi connectivity index (χ0n) is 9.33. The molecule has 1 aliphatic rings. The number of nitrogens with zero attached hydrogens (tertiary/aromatic N) is 4. The Labute approximate surface area is 107 Å². The Morgan fingerprint density at radius 1 is 1.53 bits per heavy atom. The van der Waals surface area contributed by atoms with Crippen molar-refractivity contribution >= 4 is 39.3 Å². The molecule has 3 heterocycles. The molecular formula is C10H12N4OS2. The SMILES string of the molecule is CSc1nc2ncnc(N3CC[C@H](O)C3)c2s1. The standard InChI is InChI=1S/C10H12N4OS2/c1-16-10-13-8-7(17-10)9(12-5-11-8)14-3-2-6(15)4-14/h5-6,15H,2-4H2,1H3/t6-/m0/s1. The third-order valence-electron chi connectivity index (χ3n) is 2.79. The van der Waals surface area contributed by atoms with Crippen molar-refractivity contribution in [3.05, 3.63) is 6.33 Å². The monoisotopic (exact) mass is 268 g/mol. The van der Waals surface area contributed by atoms with Crippen molar-refractivity contribution < 1.29 is 5.11 Å². The summed E-state index contributed by atoms with van der Waals surface area (Å²) < 4.78 is 2.02. The summed E-state index contributed by atoms with van der Waals surface area (Å²) in [5.41, 5.74) is 0.755. The van der Waals surface area contributed by atoms with E-state index in [2.05, 4.69) is 19.9 Å². The van der Waals surface area contributed by atoms with E-state index in [1.165, 1.54) is 0 Å². The molecule has 90 valence electrons. The Balaban J connectivity index is 2.06. The van der Waals surface area contributed by atoms with Gasteiger partial charge in [0.25, 0.3) is 0 Å². The van der Waals surface area contributed by atoms with E-state index >= 15 is 0 Å². The maximum Gasteiger partial charge on any atom is 0.176 e. The van der Waals surface area contributed by atoms with E-state index in [0.29, 0.717) is 6.54 Å². The smallest absolute Gasteiger partial charge is 0.176 e. The van der Waals surface area contributed by atoms with Gasteiger partial charge >= 0.3 is 0 Å². The normalized spacial score (nSPS) is 20.4. The number of aliphatic hydroxyl groups is 1. The molecule has 0 bridgehead atoms. The van der Waals surface area contributed by atoms with Crippen LogP contribution in [0.25, 0.3) is 10.3 Å². The van der Waals surface area contributed by atoms with Gasteiger partial charge in [-0.1, -0.05) is 11.8 Å². The van der Waals surface area contributed by atoms with Crippen LogP contribution in [0.3, 0.4) is 0 Å². The molecule has 0 aromatic carbocycles. The number of thioether (sulfide) groups is 1. The second kappa shape index (κ2) is 4.40. The molecule has 0 aliphatic carbocycles. The summed E-state index contributed by atoms with van der Waals surface area (Å²) in [5.74, 6) is 0.907. The van der Waals surface area contributed by atoms with Crippen LogP contribution < -0.4 is 4.90 Å². The first kappa shape index (κ1) is 11.2. The van der Waals surface area contributed by atoms with E-state index in [1.54, 1.807) is 29.4 Å². The van der Waals surface area contributed by atoms with Crippen LogP contribution in [0.5, 0.6) is 0 Å². The van der Waals surface area contributed by atoms with Gasteiger partial charge in [-0.2, -0.15) is 0 Å². The van der Waals surface area contributed by atoms with E-state index in [0.717, 1.165) is 33.5 Å². The lowest BCUT2D eigenvalue weighted by Crippen LogP contribution is -2.22. The van der Waals surface area contributed by atoms with Crippen molar-refractivity contribution in [2.24, 2.45) is 0 Å². The number of hydrogen-bond donors (Lipinski definition) is 1. The first-order chi connectivity index (χ1) is 8.28. The van der Waals surface area contributed by atoms with Gasteiger partial charge in [-0.25, -0.2) is 15.0 Å². The third-order valence-corrected chi connectivity index (χ3v) is 4.82. The Morgan fingerprint density at radius 3 is 3.12 bits per heavy atom. The van der Waals surface area contributed by atoms with Crippen LogP contribution in [0.1, 0.15) is 6.42 Å². The van der Waals surface area contributed by atoms with Crippen LogP contribution in [-0.2, 0) is 0 Å². The Morgan fingerprint density at radius 2 is 2.41 bits per heavy atom. The lowest BCUT2D eigenvalue weighted by atomic mass is 10.3. The van der Waals surface area contributed by atoms with Crippen LogP contribution in [-0.4, -0.2) is 45.5 Å². The van der Waals surface area contributed by atoms with E-state index in [1.807, 2.05) is 6.26 Å². The topological polar surface area (TPSA) is 62.1 Å². The quantitative estimate of drug-likeness (QED) is 0.830. The van der Waals surface area contributed by atoms with Gasteiger partial charge < -0.3 is 10.0 Å². The molecule has 7 heteroatoms. The Bertz CT molecular complexity index is 544. The van der Waals surface area contributed by atoms with Gasteiger partial charge in [0.15, 0.2) is 15.8 Å². The second-order valence-corrected chi connectivity index (χ2v) is 5.97. The molecule has 2 aromatic rings.